The van der Waals surface area contributed by atoms with Crippen molar-refractivity contribution >= 4 is 11.6 Å². The number of carbonyl (C=O) groups is 1. The Hall–Kier alpha value is -2.89. The van der Waals surface area contributed by atoms with E-state index in [1.807, 2.05) is 13.0 Å². The highest BCUT2D eigenvalue weighted by atomic mass is 16.7. The van der Waals surface area contributed by atoms with E-state index in [2.05, 4.69) is 5.32 Å². The Labute approximate surface area is 133 Å². The number of rotatable bonds is 4. The van der Waals surface area contributed by atoms with E-state index in [0.29, 0.717) is 34.2 Å². The third-order valence-electron chi connectivity index (χ3n) is 3.61. The van der Waals surface area contributed by atoms with Gasteiger partial charge in [0.2, 0.25) is 6.79 Å². The lowest BCUT2D eigenvalue weighted by molar-refractivity contribution is 0.102. The van der Waals surface area contributed by atoms with Gasteiger partial charge in [0.05, 0.1) is 14.2 Å². The first-order valence-corrected chi connectivity index (χ1v) is 7.06. The summed E-state index contributed by atoms with van der Waals surface area (Å²) in [7, 11) is 3.12. The number of methoxy groups -OCH3 is 2. The van der Waals surface area contributed by atoms with E-state index < -0.39 is 0 Å². The van der Waals surface area contributed by atoms with Gasteiger partial charge in [0.25, 0.3) is 5.91 Å². The van der Waals surface area contributed by atoms with Gasteiger partial charge in [-0.3, -0.25) is 4.79 Å². The van der Waals surface area contributed by atoms with Gasteiger partial charge in [-0.25, -0.2) is 0 Å². The highest BCUT2D eigenvalue weighted by Gasteiger charge is 2.17. The standard InChI is InChI=1S/C17H17NO5/c1-10-6-14(20-2)15(21-3)8-12(10)18-17(19)11-4-5-13-16(7-11)23-9-22-13/h4-8H,9H2,1-3H3,(H,18,19). The van der Waals surface area contributed by atoms with Crippen molar-refractivity contribution in [3.63, 3.8) is 0 Å². The minimum absolute atomic E-state index is 0.176. The molecular weight excluding hydrogens is 298 g/mol. The highest BCUT2D eigenvalue weighted by molar-refractivity contribution is 6.05. The highest BCUT2D eigenvalue weighted by Crippen LogP contribution is 2.34. The number of ether oxygens (including phenoxy) is 4. The summed E-state index contributed by atoms with van der Waals surface area (Å²) in [4.78, 5) is 12.4. The number of hydrogen-bond donors (Lipinski definition) is 1. The first kappa shape index (κ1) is 15.0. The molecule has 1 aliphatic rings. The normalized spacial score (nSPS) is 12.0. The first-order chi connectivity index (χ1) is 11.1. The molecule has 1 amide bonds. The van der Waals surface area contributed by atoms with Crippen molar-refractivity contribution in [2.45, 2.75) is 6.92 Å². The average molecular weight is 315 g/mol. The van der Waals surface area contributed by atoms with Crippen LogP contribution in [0.2, 0.25) is 0 Å². The van der Waals surface area contributed by atoms with E-state index in [1.165, 1.54) is 0 Å². The van der Waals surface area contributed by atoms with Gasteiger partial charge >= 0.3 is 0 Å². The fourth-order valence-electron chi connectivity index (χ4n) is 2.35. The van der Waals surface area contributed by atoms with Gasteiger partial charge in [-0.2, -0.15) is 0 Å². The average Bonchev–Trinajstić information content (AvgIpc) is 3.03. The number of aryl methyl sites for hydroxylation is 1. The third-order valence-corrected chi connectivity index (χ3v) is 3.61. The number of fused-ring (bicyclic) bond motifs is 1. The maximum atomic E-state index is 12.4. The number of benzene rings is 2. The van der Waals surface area contributed by atoms with Crippen molar-refractivity contribution in [1.82, 2.24) is 0 Å². The van der Waals surface area contributed by atoms with Gasteiger partial charge in [-0.05, 0) is 36.8 Å². The molecule has 0 unspecified atom stereocenters. The Morgan fingerprint density at radius 2 is 1.74 bits per heavy atom. The Balaban J connectivity index is 1.85. The van der Waals surface area contributed by atoms with Gasteiger partial charge in [0.15, 0.2) is 23.0 Å². The third kappa shape index (κ3) is 2.88. The number of hydrogen-bond acceptors (Lipinski definition) is 5. The minimum atomic E-state index is -0.237. The van der Waals surface area contributed by atoms with Crippen molar-refractivity contribution in [2.75, 3.05) is 26.3 Å². The molecule has 0 saturated heterocycles. The van der Waals surface area contributed by atoms with Crippen molar-refractivity contribution in [3.8, 4) is 23.0 Å². The van der Waals surface area contributed by atoms with Crippen LogP contribution in [0.5, 0.6) is 23.0 Å². The van der Waals surface area contributed by atoms with Crippen LogP contribution in [0.25, 0.3) is 0 Å². The number of nitrogens with one attached hydrogen (secondary N) is 1. The van der Waals surface area contributed by atoms with Crippen molar-refractivity contribution < 1.29 is 23.7 Å². The van der Waals surface area contributed by atoms with Gasteiger partial charge in [-0.15, -0.1) is 0 Å². The van der Waals surface area contributed by atoms with Crippen LogP contribution in [0.4, 0.5) is 5.69 Å². The summed E-state index contributed by atoms with van der Waals surface area (Å²) < 4.78 is 21.0. The molecule has 0 bridgehead atoms. The molecule has 0 atom stereocenters. The van der Waals surface area contributed by atoms with Gasteiger partial charge < -0.3 is 24.3 Å². The van der Waals surface area contributed by atoms with Gasteiger partial charge in [-0.1, -0.05) is 0 Å². The number of amides is 1. The predicted octanol–water partition coefficient (Wildman–Crippen LogP) is 2.99. The van der Waals surface area contributed by atoms with E-state index in [-0.39, 0.29) is 12.7 Å². The lowest BCUT2D eigenvalue weighted by Crippen LogP contribution is -2.13. The second kappa shape index (κ2) is 6.08. The second-order valence-corrected chi connectivity index (χ2v) is 5.04. The van der Waals surface area contributed by atoms with E-state index in [9.17, 15) is 4.79 Å². The zero-order valence-corrected chi connectivity index (χ0v) is 13.1. The van der Waals surface area contributed by atoms with E-state index in [0.717, 1.165) is 5.56 Å². The molecular formula is C17H17NO5. The lowest BCUT2D eigenvalue weighted by Gasteiger charge is -2.13. The molecule has 6 heteroatoms. The summed E-state index contributed by atoms with van der Waals surface area (Å²) in [5, 5.41) is 2.87. The fourth-order valence-corrected chi connectivity index (χ4v) is 2.35. The quantitative estimate of drug-likeness (QED) is 0.939. The smallest absolute Gasteiger partial charge is 0.255 e. The minimum Gasteiger partial charge on any atom is -0.493 e. The molecule has 2 aromatic carbocycles. The lowest BCUT2D eigenvalue weighted by atomic mass is 10.1. The molecule has 2 aromatic rings. The molecule has 0 saturated carbocycles. The summed E-state index contributed by atoms with van der Waals surface area (Å²) in [6.07, 6.45) is 0. The monoisotopic (exact) mass is 315 g/mol. The SMILES string of the molecule is COc1cc(C)c(NC(=O)c2ccc3c(c2)OCO3)cc1OC. The largest absolute Gasteiger partial charge is 0.493 e. The van der Waals surface area contributed by atoms with Crippen LogP contribution in [0.3, 0.4) is 0 Å². The maximum Gasteiger partial charge on any atom is 0.255 e. The number of carbonyl (C=O) groups excluding carboxylic acids is 1. The first-order valence-electron chi connectivity index (χ1n) is 7.06. The van der Waals surface area contributed by atoms with Crippen LogP contribution >= 0.6 is 0 Å². The van der Waals surface area contributed by atoms with Crippen molar-refractivity contribution in [3.05, 3.63) is 41.5 Å². The molecule has 0 fully saturated rings. The van der Waals surface area contributed by atoms with Gasteiger partial charge in [0, 0.05) is 17.3 Å². The maximum absolute atomic E-state index is 12.4. The molecule has 1 N–H and O–H groups in total. The summed E-state index contributed by atoms with van der Waals surface area (Å²) in [5.74, 6) is 2.15. The molecule has 3 rings (SSSR count). The summed E-state index contributed by atoms with van der Waals surface area (Å²) in [6, 6.07) is 8.62. The Bertz CT molecular complexity index is 757. The molecule has 120 valence electrons. The van der Waals surface area contributed by atoms with Crippen LogP contribution in [0, 0.1) is 6.92 Å². The molecule has 0 aliphatic carbocycles. The van der Waals surface area contributed by atoms with Gasteiger partial charge in [0.1, 0.15) is 0 Å². The summed E-state index contributed by atoms with van der Waals surface area (Å²) >= 11 is 0. The van der Waals surface area contributed by atoms with E-state index >= 15 is 0 Å². The summed E-state index contributed by atoms with van der Waals surface area (Å²) in [5.41, 5.74) is 2.02. The van der Waals surface area contributed by atoms with Crippen LogP contribution < -0.4 is 24.3 Å². The molecule has 0 radical (unpaired) electrons. The predicted molar refractivity (Wildman–Crippen MR) is 84.8 cm³/mol. The van der Waals surface area contributed by atoms with Crippen LogP contribution in [0.15, 0.2) is 30.3 Å². The molecule has 0 spiro atoms. The molecule has 1 aliphatic heterocycles. The second-order valence-electron chi connectivity index (χ2n) is 5.04. The Morgan fingerprint density at radius 1 is 1.04 bits per heavy atom. The molecule has 6 nitrogen and oxygen atoms in total. The summed E-state index contributed by atoms with van der Waals surface area (Å²) in [6.45, 7) is 2.06. The zero-order chi connectivity index (χ0) is 16.4. The Morgan fingerprint density at radius 3 is 2.48 bits per heavy atom. The van der Waals surface area contributed by atoms with E-state index in [4.69, 9.17) is 18.9 Å². The topological polar surface area (TPSA) is 66.0 Å². The van der Waals surface area contributed by atoms with E-state index in [1.54, 1.807) is 38.5 Å². The van der Waals surface area contributed by atoms with Crippen LogP contribution in [-0.4, -0.2) is 26.9 Å². The van der Waals surface area contributed by atoms with Crippen LogP contribution in [0.1, 0.15) is 15.9 Å². The zero-order valence-electron chi connectivity index (χ0n) is 13.1. The Kier molecular flexibility index (Phi) is 3.97. The van der Waals surface area contributed by atoms with Crippen molar-refractivity contribution in [1.29, 1.82) is 0 Å². The fraction of sp³-hybridized carbons (Fsp3) is 0.235. The number of anilines is 1. The molecule has 1 heterocycles. The molecule has 0 aromatic heterocycles. The van der Waals surface area contributed by atoms with Crippen LogP contribution in [-0.2, 0) is 0 Å². The van der Waals surface area contributed by atoms with Crippen molar-refractivity contribution in [2.24, 2.45) is 0 Å². The molecule has 23 heavy (non-hydrogen) atoms.